The number of carbonyl (C=O) groups excluding carboxylic acids is 1. The quantitative estimate of drug-likeness (QED) is 0.811. The molecule has 2 aliphatic heterocycles. The van der Waals surface area contributed by atoms with Crippen LogP contribution in [0.3, 0.4) is 0 Å². The van der Waals surface area contributed by atoms with Gasteiger partial charge in [-0.15, -0.1) is 0 Å². The Kier molecular flexibility index (Phi) is 4.94. The third kappa shape index (κ3) is 3.61. The molecule has 1 spiro atoms. The fourth-order valence-corrected chi connectivity index (χ4v) is 3.32. The Bertz CT molecular complexity index is 676. The average Bonchev–Trinajstić information content (AvgIpc) is 3.21. The van der Waals surface area contributed by atoms with Crippen molar-refractivity contribution in [2.75, 3.05) is 27.2 Å². The summed E-state index contributed by atoms with van der Waals surface area (Å²) < 4.78 is 5.33. The summed E-state index contributed by atoms with van der Waals surface area (Å²) in [6, 6.07) is 4.08. The number of nitrogens with zero attached hydrogens (tertiary/aromatic N) is 4. The van der Waals surface area contributed by atoms with E-state index in [1.807, 2.05) is 26.0 Å². The summed E-state index contributed by atoms with van der Waals surface area (Å²) in [5.74, 6) is 0.612. The van der Waals surface area contributed by atoms with E-state index in [-0.39, 0.29) is 17.6 Å². The highest BCUT2D eigenvalue weighted by Crippen LogP contribution is 2.35. The zero-order valence-electron chi connectivity index (χ0n) is 15.4. The minimum atomic E-state index is -0.377. The smallest absolute Gasteiger partial charge is 0.271 e. The van der Waals surface area contributed by atoms with Crippen molar-refractivity contribution in [3.05, 3.63) is 23.9 Å². The monoisotopic (exact) mass is 346 g/mol. The van der Waals surface area contributed by atoms with Crippen LogP contribution in [0.2, 0.25) is 0 Å². The number of ether oxygens (including phenoxy) is 1. The van der Waals surface area contributed by atoms with E-state index in [1.54, 1.807) is 25.3 Å². The summed E-state index contributed by atoms with van der Waals surface area (Å²) >= 11 is 0. The molecule has 1 amide bonds. The standard InChI is InChI=1S/C18H26N4O3/c1-13(2)21(3)17(23)15-10-18(25-20-15)7-9-22(12-18)11-14-6-5-8-19-16(14)24-4/h5-6,8,13H,7,9-12H2,1-4H3/t18-/m1/s1. The molecule has 1 saturated heterocycles. The van der Waals surface area contributed by atoms with Crippen molar-refractivity contribution in [1.82, 2.24) is 14.8 Å². The Labute approximate surface area is 148 Å². The van der Waals surface area contributed by atoms with E-state index < -0.39 is 0 Å². The topological polar surface area (TPSA) is 67.3 Å². The fourth-order valence-electron chi connectivity index (χ4n) is 3.32. The van der Waals surface area contributed by atoms with Gasteiger partial charge in [-0.2, -0.15) is 0 Å². The fraction of sp³-hybridized carbons (Fsp3) is 0.611. The molecule has 1 aromatic rings. The molecular formula is C18H26N4O3. The van der Waals surface area contributed by atoms with Gasteiger partial charge in [0, 0.05) is 57.3 Å². The number of carbonyl (C=O) groups is 1. The van der Waals surface area contributed by atoms with Crippen molar-refractivity contribution in [1.29, 1.82) is 0 Å². The summed E-state index contributed by atoms with van der Waals surface area (Å²) in [6.07, 6.45) is 3.16. The maximum absolute atomic E-state index is 12.5. The van der Waals surface area contributed by atoms with E-state index in [4.69, 9.17) is 9.57 Å². The van der Waals surface area contributed by atoms with Gasteiger partial charge in [-0.25, -0.2) is 4.98 Å². The maximum atomic E-state index is 12.5. The zero-order valence-corrected chi connectivity index (χ0v) is 15.4. The van der Waals surface area contributed by atoms with Gasteiger partial charge in [0.05, 0.1) is 7.11 Å². The Hall–Kier alpha value is -2.15. The summed E-state index contributed by atoms with van der Waals surface area (Å²) in [5.41, 5.74) is 1.20. The second-order valence-electron chi connectivity index (χ2n) is 7.13. The van der Waals surface area contributed by atoms with Crippen molar-refractivity contribution in [2.24, 2.45) is 5.16 Å². The molecule has 0 aliphatic carbocycles. The van der Waals surface area contributed by atoms with Gasteiger partial charge >= 0.3 is 0 Å². The molecule has 1 aromatic heterocycles. The molecule has 25 heavy (non-hydrogen) atoms. The van der Waals surface area contributed by atoms with Crippen LogP contribution in [0.1, 0.15) is 32.3 Å². The Morgan fingerprint density at radius 1 is 1.52 bits per heavy atom. The minimum absolute atomic E-state index is 0.0424. The number of aromatic nitrogens is 1. The van der Waals surface area contributed by atoms with Gasteiger partial charge in [0.25, 0.3) is 5.91 Å². The van der Waals surface area contributed by atoms with Crippen LogP contribution in [0.15, 0.2) is 23.5 Å². The predicted octanol–water partition coefficient (Wildman–Crippen LogP) is 1.68. The van der Waals surface area contributed by atoms with Crippen LogP contribution >= 0.6 is 0 Å². The first-order valence-corrected chi connectivity index (χ1v) is 8.66. The lowest BCUT2D eigenvalue weighted by Gasteiger charge is -2.23. The van der Waals surface area contributed by atoms with Crippen LogP contribution in [0.25, 0.3) is 0 Å². The zero-order chi connectivity index (χ0) is 18.0. The van der Waals surface area contributed by atoms with E-state index in [0.717, 1.165) is 31.6 Å². The molecule has 1 fully saturated rings. The first kappa shape index (κ1) is 17.7. The summed E-state index contributed by atoms with van der Waals surface area (Å²) in [7, 11) is 3.44. The molecule has 0 N–H and O–H groups in total. The van der Waals surface area contributed by atoms with Crippen LogP contribution in [-0.2, 0) is 16.2 Å². The molecule has 0 aromatic carbocycles. The number of amides is 1. The number of pyridine rings is 1. The second kappa shape index (κ2) is 7.00. The number of hydrogen-bond donors (Lipinski definition) is 0. The van der Waals surface area contributed by atoms with E-state index in [9.17, 15) is 4.79 Å². The third-order valence-corrected chi connectivity index (χ3v) is 5.01. The number of methoxy groups -OCH3 is 1. The van der Waals surface area contributed by atoms with Crippen molar-refractivity contribution >= 4 is 11.6 Å². The highest BCUT2D eigenvalue weighted by atomic mass is 16.7. The first-order chi connectivity index (χ1) is 11.9. The lowest BCUT2D eigenvalue weighted by atomic mass is 9.96. The van der Waals surface area contributed by atoms with Crippen molar-refractivity contribution in [2.45, 2.75) is 44.9 Å². The molecule has 3 heterocycles. The lowest BCUT2D eigenvalue weighted by molar-refractivity contribution is -0.124. The van der Waals surface area contributed by atoms with E-state index in [0.29, 0.717) is 18.0 Å². The largest absolute Gasteiger partial charge is 0.481 e. The van der Waals surface area contributed by atoms with Gasteiger partial charge in [0.1, 0.15) is 5.71 Å². The number of hydrogen-bond acceptors (Lipinski definition) is 6. The molecule has 3 rings (SSSR count). The molecule has 0 saturated carbocycles. The van der Waals surface area contributed by atoms with Crippen molar-refractivity contribution in [3.63, 3.8) is 0 Å². The van der Waals surface area contributed by atoms with Crippen LogP contribution in [-0.4, -0.2) is 65.3 Å². The summed E-state index contributed by atoms with van der Waals surface area (Å²) in [6.45, 7) is 6.37. The van der Waals surface area contributed by atoms with Gasteiger partial charge < -0.3 is 14.5 Å². The van der Waals surface area contributed by atoms with Crippen molar-refractivity contribution in [3.8, 4) is 5.88 Å². The average molecular weight is 346 g/mol. The number of rotatable bonds is 5. The molecule has 1 atom stereocenters. The molecule has 0 radical (unpaired) electrons. The molecule has 0 bridgehead atoms. The highest BCUT2D eigenvalue weighted by molar-refractivity contribution is 6.39. The van der Waals surface area contributed by atoms with Gasteiger partial charge in [0.2, 0.25) is 5.88 Å². The lowest BCUT2D eigenvalue weighted by Crippen LogP contribution is -2.40. The van der Waals surface area contributed by atoms with Crippen LogP contribution in [0.4, 0.5) is 0 Å². The SMILES string of the molecule is COc1ncccc1CN1CC[C@@]2(CC(C(=O)N(C)C(C)C)=NO2)C1. The van der Waals surface area contributed by atoms with E-state index in [1.165, 1.54) is 0 Å². The Morgan fingerprint density at radius 3 is 3.04 bits per heavy atom. The number of oxime groups is 1. The normalized spacial score (nSPS) is 23.0. The highest BCUT2D eigenvalue weighted by Gasteiger charge is 2.47. The van der Waals surface area contributed by atoms with Gasteiger partial charge in [0.15, 0.2) is 5.60 Å². The van der Waals surface area contributed by atoms with Gasteiger partial charge in [-0.3, -0.25) is 9.69 Å². The Morgan fingerprint density at radius 2 is 2.32 bits per heavy atom. The first-order valence-electron chi connectivity index (χ1n) is 8.66. The summed E-state index contributed by atoms with van der Waals surface area (Å²) in [4.78, 5) is 26.5. The third-order valence-electron chi connectivity index (χ3n) is 5.01. The second-order valence-corrected chi connectivity index (χ2v) is 7.13. The molecule has 7 heteroatoms. The van der Waals surface area contributed by atoms with Crippen LogP contribution < -0.4 is 4.74 Å². The van der Waals surface area contributed by atoms with E-state index in [2.05, 4.69) is 15.0 Å². The molecule has 0 unspecified atom stereocenters. The van der Waals surface area contributed by atoms with Crippen molar-refractivity contribution < 1.29 is 14.4 Å². The van der Waals surface area contributed by atoms with Gasteiger partial charge in [-0.1, -0.05) is 11.2 Å². The molecular weight excluding hydrogens is 320 g/mol. The van der Waals surface area contributed by atoms with E-state index >= 15 is 0 Å². The molecule has 7 nitrogen and oxygen atoms in total. The summed E-state index contributed by atoms with van der Waals surface area (Å²) in [5, 5.41) is 4.11. The molecule has 2 aliphatic rings. The maximum Gasteiger partial charge on any atom is 0.271 e. The van der Waals surface area contributed by atoms with Gasteiger partial charge in [-0.05, 0) is 19.9 Å². The number of likely N-dealkylation sites (tertiary alicyclic amines) is 1. The van der Waals surface area contributed by atoms with Crippen LogP contribution in [0.5, 0.6) is 5.88 Å². The predicted molar refractivity (Wildman–Crippen MR) is 94.5 cm³/mol. The van der Waals surface area contributed by atoms with Crippen LogP contribution in [0, 0.1) is 0 Å². The Balaban J connectivity index is 1.61. The molecule has 136 valence electrons. The minimum Gasteiger partial charge on any atom is -0.481 e.